The number of hydrogen-bond donors (Lipinski definition) is 2. The average molecular weight is 344 g/mol. The van der Waals surface area contributed by atoms with Crippen molar-refractivity contribution in [3.05, 3.63) is 57.3 Å². The minimum atomic E-state index is -0.680. The van der Waals surface area contributed by atoms with Gasteiger partial charge in [0.1, 0.15) is 5.82 Å². The Hall–Kier alpha value is -1.59. The zero-order valence-electron chi connectivity index (χ0n) is 9.58. The molecule has 3 nitrogen and oxygen atoms in total. The summed E-state index contributed by atoms with van der Waals surface area (Å²) in [6.45, 7) is 0. The van der Waals surface area contributed by atoms with E-state index in [0.29, 0.717) is 11.4 Å². The number of hydrogen-bond acceptors (Lipinski definition) is 2. The molecule has 2 aromatic carbocycles. The van der Waals surface area contributed by atoms with Crippen LogP contribution in [0.4, 0.5) is 15.8 Å². The highest BCUT2D eigenvalue weighted by atomic mass is 79.9. The van der Waals surface area contributed by atoms with E-state index >= 15 is 0 Å². The van der Waals surface area contributed by atoms with Crippen molar-refractivity contribution in [1.82, 2.24) is 0 Å². The Morgan fingerprint density at radius 3 is 2.68 bits per heavy atom. The Labute approximate surface area is 122 Å². The highest BCUT2D eigenvalue weighted by Gasteiger charge is 2.16. The fraction of sp³-hybridized carbons (Fsp3) is 0. The Balaban J connectivity index is 2.31. The first-order valence-corrected chi connectivity index (χ1v) is 6.46. The number of carbonyl (C=O) groups is 1. The number of rotatable bonds is 2. The Morgan fingerprint density at radius 2 is 2.05 bits per heavy atom. The average Bonchev–Trinajstić information content (AvgIpc) is 2.32. The molecule has 0 aromatic heterocycles. The van der Waals surface area contributed by atoms with Gasteiger partial charge in [-0.05, 0) is 30.3 Å². The van der Waals surface area contributed by atoms with Crippen LogP contribution in [-0.4, -0.2) is 5.91 Å². The summed E-state index contributed by atoms with van der Waals surface area (Å²) in [6, 6.07) is 9.03. The van der Waals surface area contributed by atoms with Crippen LogP contribution >= 0.6 is 27.5 Å². The van der Waals surface area contributed by atoms with Crippen molar-refractivity contribution in [2.24, 2.45) is 0 Å². The summed E-state index contributed by atoms with van der Waals surface area (Å²) < 4.78 is 14.4. The monoisotopic (exact) mass is 342 g/mol. The summed E-state index contributed by atoms with van der Waals surface area (Å²) in [5.41, 5.74) is 6.32. The number of carbonyl (C=O) groups excluding carboxylic acids is 1. The van der Waals surface area contributed by atoms with Crippen LogP contribution < -0.4 is 11.1 Å². The molecule has 6 heteroatoms. The predicted molar refractivity (Wildman–Crippen MR) is 77.9 cm³/mol. The van der Waals surface area contributed by atoms with Crippen LogP contribution in [0.5, 0.6) is 0 Å². The van der Waals surface area contributed by atoms with Crippen molar-refractivity contribution in [1.29, 1.82) is 0 Å². The molecule has 0 aliphatic heterocycles. The number of anilines is 2. The lowest BCUT2D eigenvalue weighted by molar-refractivity contribution is 0.102. The number of benzene rings is 2. The lowest BCUT2D eigenvalue weighted by Gasteiger charge is -2.10. The van der Waals surface area contributed by atoms with Crippen molar-refractivity contribution in [2.45, 2.75) is 0 Å². The standard InChI is InChI=1S/C13H9BrClFN2O/c14-7-4-5-11(10(17)6-7)18-13(19)12-8(15)2-1-3-9(12)16/h1-6H,17H2,(H,18,19). The van der Waals surface area contributed by atoms with Gasteiger partial charge in [0, 0.05) is 4.47 Å². The maximum absolute atomic E-state index is 13.6. The first kappa shape index (κ1) is 13.8. The van der Waals surface area contributed by atoms with Gasteiger partial charge in [0.25, 0.3) is 5.91 Å². The van der Waals surface area contributed by atoms with E-state index in [-0.39, 0.29) is 10.6 Å². The third-order valence-electron chi connectivity index (χ3n) is 2.45. The third-order valence-corrected chi connectivity index (χ3v) is 3.26. The lowest BCUT2D eigenvalue weighted by Crippen LogP contribution is -2.15. The third kappa shape index (κ3) is 3.05. The minimum absolute atomic E-state index is 0.0492. The van der Waals surface area contributed by atoms with E-state index in [1.54, 1.807) is 18.2 Å². The molecule has 3 N–H and O–H groups in total. The molecule has 0 fully saturated rings. The zero-order valence-corrected chi connectivity index (χ0v) is 11.9. The second-order valence-corrected chi connectivity index (χ2v) is 5.11. The minimum Gasteiger partial charge on any atom is -0.397 e. The topological polar surface area (TPSA) is 55.1 Å². The van der Waals surface area contributed by atoms with Gasteiger partial charge in [-0.3, -0.25) is 4.79 Å². The highest BCUT2D eigenvalue weighted by Crippen LogP contribution is 2.25. The van der Waals surface area contributed by atoms with Crippen LogP contribution in [0.3, 0.4) is 0 Å². The van der Waals surface area contributed by atoms with Gasteiger partial charge in [0.05, 0.1) is 22.0 Å². The molecule has 0 bridgehead atoms. The van der Waals surface area contributed by atoms with Gasteiger partial charge in [-0.1, -0.05) is 33.6 Å². The normalized spacial score (nSPS) is 10.3. The van der Waals surface area contributed by atoms with E-state index in [0.717, 1.165) is 4.47 Å². The molecule has 1 amide bonds. The molecule has 0 aliphatic carbocycles. The molecule has 2 rings (SSSR count). The molecule has 0 heterocycles. The van der Waals surface area contributed by atoms with Crippen LogP contribution in [-0.2, 0) is 0 Å². The molecule has 0 aliphatic rings. The van der Waals surface area contributed by atoms with Crippen LogP contribution in [0.15, 0.2) is 40.9 Å². The molecule has 0 saturated carbocycles. The van der Waals surface area contributed by atoms with Crippen molar-refractivity contribution in [2.75, 3.05) is 11.1 Å². The van der Waals surface area contributed by atoms with E-state index in [4.69, 9.17) is 17.3 Å². The summed E-state index contributed by atoms with van der Waals surface area (Å²) in [7, 11) is 0. The number of nitrogens with two attached hydrogens (primary N) is 1. The number of nitrogen functional groups attached to an aromatic ring is 1. The lowest BCUT2D eigenvalue weighted by atomic mass is 10.2. The summed E-state index contributed by atoms with van der Waals surface area (Å²) in [6.07, 6.45) is 0. The molecule has 0 radical (unpaired) electrons. The van der Waals surface area contributed by atoms with Crippen molar-refractivity contribution in [3.8, 4) is 0 Å². The summed E-state index contributed by atoms with van der Waals surface area (Å²) in [5.74, 6) is -1.32. The van der Waals surface area contributed by atoms with E-state index in [9.17, 15) is 9.18 Å². The first-order valence-electron chi connectivity index (χ1n) is 5.29. The molecule has 0 spiro atoms. The van der Waals surface area contributed by atoms with Crippen LogP contribution in [0.1, 0.15) is 10.4 Å². The van der Waals surface area contributed by atoms with Crippen molar-refractivity contribution in [3.63, 3.8) is 0 Å². The van der Waals surface area contributed by atoms with Crippen LogP contribution in [0.25, 0.3) is 0 Å². The maximum atomic E-state index is 13.6. The van der Waals surface area contributed by atoms with Gasteiger partial charge in [-0.15, -0.1) is 0 Å². The Morgan fingerprint density at radius 1 is 1.32 bits per heavy atom. The Kier molecular flexibility index (Phi) is 4.07. The number of halogens is 3. The van der Waals surface area contributed by atoms with E-state index in [2.05, 4.69) is 21.2 Å². The van der Waals surface area contributed by atoms with Crippen LogP contribution in [0.2, 0.25) is 5.02 Å². The molecule has 0 saturated heterocycles. The molecular weight excluding hydrogens is 335 g/mol. The van der Waals surface area contributed by atoms with Gasteiger partial charge in [0.2, 0.25) is 0 Å². The largest absolute Gasteiger partial charge is 0.397 e. The van der Waals surface area contributed by atoms with E-state index in [1.807, 2.05) is 0 Å². The summed E-state index contributed by atoms with van der Waals surface area (Å²) in [5, 5.41) is 2.58. The zero-order chi connectivity index (χ0) is 14.0. The fourth-order valence-electron chi connectivity index (χ4n) is 1.55. The highest BCUT2D eigenvalue weighted by molar-refractivity contribution is 9.10. The van der Waals surface area contributed by atoms with Gasteiger partial charge < -0.3 is 11.1 Å². The van der Waals surface area contributed by atoms with Gasteiger partial charge >= 0.3 is 0 Å². The molecule has 98 valence electrons. The first-order chi connectivity index (χ1) is 8.99. The summed E-state index contributed by atoms with van der Waals surface area (Å²) in [4.78, 5) is 12.0. The van der Waals surface area contributed by atoms with Crippen molar-refractivity contribution < 1.29 is 9.18 Å². The summed E-state index contributed by atoms with van der Waals surface area (Å²) >= 11 is 9.07. The fourth-order valence-corrected chi connectivity index (χ4v) is 2.17. The molecule has 0 unspecified atom stereocenters. The maximum Gasteiger partial charge on any atom is 0.260 e. The van der Waals surface area contributed by atoms with Crippen molar-refractivity contribution >= 4 is 44.8 Å². The molecule has 19 heavy (non-hydrogen) atoms. The molecule has 2 aromatic rings. The predicted octanol–water partition coefficient (Wildman–Crippen LogP) is 4.08. The second kappa shape index (κ2) is 5.59. The second-order valence-electron chi connectivity index (χ2n) is 3.78. The van der Waals surface area contributed by atoms with Gasteiger partial charge in [-0.25, -0.2) is 4.39 Å². The van der Waals surface area contributed by atoms with E-state index < -0.39 is 11.7 Å². The van der Waals surface area contributed by atoms with Gasteiger partial charge in [0.15, 0.2) is 0 Å². The number of amides is 1. The molecule has 0 atom stereocenters. The van der Waals surface area contributed by atoms with Crippen LogP contribution in [0, 0.1) is 5.82 Å². The SMILES string of the molecule is Nc1cc(Br)ccc1NC(=O)c1c(F)cccc1Cl. The number of nitrogens with one attached hydrogen (secondary N) is 1. The van der Waals surface area contributed by atoms with E-state index in [1.165, 1.54) is 18.2 Å². The quantitative estimate of drug-likeness (QED) is 0.807. The smallest absolute Gasteiger partial charge is 0.260 e. The Bertz CT molecular complexity index is 628. The van der Waals surface area contributed by atoms with Gasteiger partial charge in [-0.2, -0.15) is 0 Å². The molecular formula is C13H9BrClFN2O.